The van der Waals surface area contributed by atoms with Crippen molar-refractivity contribution >= 4 is 28.5 Å². The van der Waals surface area contributed by atoms with Crippen LogP contribution in [0.25, 0.3) is 0 Å². The van der Waals surface area contributed by atoms with E-state index >= 15 is 0 Å². The maximum atomic E-state index is 12.5. The van der Waals surface area contributed by atoms with E-state index in [1.54, 1.807) is 0 Å². The molecule has 2 N–H and O–H groups in total. The number of carbonyl (C=O) groups is 1. The van der Waals surface area contributed by atoms with Crippen LogP contribution in [0, 0.1) is 9.49 Å². The number of aliphatic hydroxyl groups is 1. The second kappa shape index (κ2) is 9.71. The third-order valence-electron chi connectivity index (χ3n) is 4.68. The summed E-state index contributed by atoms with van der Waals surface area (Å²) < 4.78 is 12.8. The molecule has 142 valence electrons. The minimum atomic E-state index is -0.440. The molecule has 1 aliphatic heterocycles. The van der Waals surface area contributed by atoms with Gasteiger partial charge >= 0.3 is 0 Å². The molecule has 26 heavy (non-hydrogen) atoms. The fourth-order valence-corrected chi connectivity index (χ4v) is 3.30. The van der Waals surface area contributed by atoms with Crippen LogP contribution in [0.5, 0.6) is 0 Å². The van der Waals surface area contributed by atoms with Crippen molar-refractivity contribution in [2.45, 2.75) is 44.3 Å². The van der Waals surface area contributed by atoms with E-state index in [4.69, 9.17) is 14.6 Å². The lowest BCUT2D eigenvalue weighted by Crippen LogP contribution is -2.34. The molecule has 1 fully saturated rings. The van der Waals surface area contributed by atoms with Gasteiger partial charge in [-0.25, -0.2) is 0 Å². The Morgan fingerprint density at radius 1 is 1.27 bits per heavy atom. The summed E-state index contributed by atoms with van der Waals surface area (Å²) in [5.41, 5.74) is 1.16. The third kappa shape index (κ3) is 5.96. The van der Waals surface area contributed by atoms with E-state index in [1.807, 2.05) is 6.08 Å². The monoisotopic (exact) mass is 471 g/mol. The van der Waals surface area contributed by atoms with Gasteiger partial charge in [0.1, 0.15) is 0 Å². The summed E-state index contributed by atoms with van der Waals surface area (Å²) >= 11 is 2.29. The molecule has 2 atom stereocenters. The average molecular weight is 471 g/mol. The standard InChI is InChI=1S/C20H26INO4/c21-17-7-5-15(6-8-17)16-11-18(20(24)22-13-14-3-4-14)26-19(12-16)25-10-2-1-9-23/h5-8,11,14,16,19,23H,1-4,9-10,12-13H2,(H,22,24)/t16-,19+/m0/s1. The summed E-state index contributed by atoms with van der Waals surface area (Å²) in [5.74, 6) is 0.912. The van der Waals surface area contributed by atoms with E-state index in [0.29, 0.717) is 31.1 Å². The number of ether oxygens (including phenoxy) is 2. The highest BCUT2D eigenvalue weighted by Crippen LogP contribution is 2.32. The van der Waals surface area contributed by atoms with E-state index in [-0.39, 0.29) is 18.4 Å². The number of rotatable bonds is 9. The van der Waals surface area contributed by atoms with Crippen molar-refractivity contribution in [1.29, 1.82) is 0 Å². The number of halogens is 1. The van der Waals surface area contributed by atoms with Crippen molar-refractivity contribution in [3.8, 4) is 0 Å². The summed E-state index contributed by atoms with van der Waals surface area (Å²) in [6.07, 6.45) is 6.03. The van der Waals surface area contributed by atoms with Crippen LogP contribution in [0.1, 0.15) is 43.6 Å². The molecule has 0 saturated heterocycles. The lowest BCUT2D eigenvalue weighted by Gasteiger charge is -2.29. The Hall–Kier alpha value is -1.12. The zero-order chi connectivity index (χ0) is 18.4. The van der Waals surface area contributed by atoms with Gasteiger partial charge in [0, 0.05) is 29.1 Å². The molecular formula is C20H26INO4. The minimum Gasteiger partial charge on any atom is -0.459 e. The number of amides is 1. The highest BCUT2D eigenvalue weighted by atomic mass is 127. The zero-order valence-electron chi connectivity index (χ0n) is 14.8. The molecule has 0 radical (unpaired) electrons. The van der Waals surface area contributed by atoms with Gasteiger partial charge in [0.25, 0.3) is 5.91 Å². The number of allylic oxidation sites excluding steroid dienone is 1. The van der Waals surface area contributed by atoms with Gasteiger partial charge in [0.2, 0.25) is 6.29 Å². The van der Waals surface area contributed by atoms with Gasteiger partial charge in [-0.2, -0.15) is 0 Å². The summed E-state index contributed by atoms with van der Waals surface area (Å²) in [6, 6.07) is 8.33. The molecule has 1 heterocycles. The van der Waals surface area contributed by atoms with Crippen LogP contribution in [0.15, 0.2) is 36.1 Å². The highest BCUT2D eigenvalue weighted by molar-refractivity contribution is 14.1. The van der Waals surface area contributed by atoms with Crippen molar-refractivity contribution in [2.75, 3.05) is 19.8 Å². The minimum absolute atomic E-state index is 0.0882. The second-order valence-corrected chi connectivity index (χ2v) is 8.17. The maximum Gasteiger partial charge on any atom is 0.286 e. The number of hydrogen-bond donors (Lipinski definition) is 2. The molecule has 1 aliphatic carbocycles. The van der Waals surface area contributed by atoms with Gasteiger partial charge < -0.3 is 19.9 Å². The smallest absolute Gasteiger partial charge is 0.286 e. The molecule has 2 aliphatic rings. The Labute approximate surface area is 168 Å². The molecule has 0 bridgehead atoms. The van der Waals surface area contributed by atoms with Crippen LogP contribution in [0.4, 0.5) is 0 Å². The molecular weight excluding hydrogens is 445 g/mol. The van der Waals surface area contributed by atoms with Gasteiger partial charge in [0.05, 0.1) is 6.61 Å². The molecule has 3 rings (SSSR count). The summed E-state index contributed by atoms with van der Waals surface area (Å²) in [7, 11) is 0. The number of carbonyl (C=O) groups excluding carboxylic acids is 1. The van der Waals surface area contributed by atoms with Crippen molar-refractivity contribution < 1.29 is 19.4 Å². The van der Waals surface area contributed by atoms with Crippen LogP contribution in [0.2, 0.25) is 0 Å². The molecule has 0 unspecified atom stereocenters. The Morgan fingerprint density at radius 3 is 2.73 bits per heavy atom. The van der Waals surface area contributed by atoms with Crippen molar-refractivity contribution in [2.24, 2.45) is 5.92 Å². The zero-order valence-corrected chi connectivity index (χ0v) is 17.0. The molecule has 1 aromatic carbocycles. The molecule has 6 heteroatoms. The van der Waals surface area contributed by atoms with Crippen LogP contribution >= 0.6 is 22.6 Å². The molecule has 1 amide bonds. The highest BCUT2D eigenvalue weighted by Gasteiger charge is 2.29. The van der Waals surface area contributed by atoms with Gasteiger partial charge in [-0.15, -0.1) is 0 Å². The van der Waals surface area contributed by atoms with Crippen LogP contribution in [-0.4, -0.2) is 37.1 Å². The number of hydrogen-bond acceptors (Lipinski definition) is 4. The predicted octanol–water partition coefficient (Wildman–Crippen LogP) is 3.32. The summed E-state index contributed by atoms with van der Waals surface area (Å²) in [6.45, 7) is 1.40. The van der Waals surface area contributed by atoms with E-state index in [2.05, 4.69) is 52.2 Å². The Kier molecular flexibility index (Phi) is 7.33. The van der Waals surface area contributed by atoms with E-state index in [0.717, 1.165) is 18.5 Å². The molecule has 5 nitrogen and oxygen atoms in total. The second-order valence-electron chi connectivity index (χ2n) is 6.93. The first-order valence-corrected chi connectivity index (χ1v) is 10.4. The topological polar surface area (TPSA) is 67.8 Å². The SMILES string of the molecule is O=C(NCC1CC1)C1=C[C@H](c2ccc(I)cc2)C[C@H](OCCCCO)O1. The predicted molar refractivity (Wildman–Crippen MR) is 107 cm³/mol. The quantitative estimate of drug-likeness (QED) is 0.429. The Balaban J connectivity index is 1.66. The fraction of sp³-hybridized carbons (Fsp3) is 0.550. The van der Waals surface area contributed by atoms with E-state index in [1.165, 1.54) is 16.4 Å². The first-order valence-electron chi connectivity index (χ1n) is 9.30. The number of unbranched alkanes of at least 4 members (excludes halogenated alkanes) is 1. The van der Waals surface area contributed by atoms with Gasteiger partial charge in [-0.1, -0.05) is 12.1 Å². The number of aliphatic hydroxyl groups excluding tert-OH is 1. The third-order valence-corrected chi connectivity index (χ3v) is 5.40. The van der Waals surface area contributed by atoms with Crippen LogP contribution < -0.4 is 5.32 Å². The Morgan fingerprint density at radius 2 is 2.04 bits per heavy atom. The summed E-state index contributed by atoms with van der Waals surface area (Å²) in [5, 5.41) is 11.9. The van der Waals surface area contributed by atoms with E-state index < -0.39 is 6.29 Å². The molecule has 0 aromatic heterocycles. The van der Waals surface area contributed by atoms with Gasteiger partial charge in [-0.05, 0) is 78.0 Å². The molecule has 0 spiro atoms. The van der Waals surface area contributed by atoms with Crippen molar-refractivity contribution in [3.05, 3.63) is 45.2 Å². The first kappa shape index (κ1) is 19.6. The molecule has 1 saturated carbocycles. The Bertz CT molecular complexity index is 627. The molecule has 1 aromatic rings. The van der Waals surface area contributed by atoms with Crippen LogP contribution in [0.3, 0.4) is 0 Å². The van der Waals surface area contributed by atoms with Gasteiger partial charge in [-0.3, -0.25) is 4.79 Å². The van der Waals surface area contributed by atoms with Gasteiger partial charge in [0.15, 0.2) is 5.76 Å². The number of nitrogens with one attached hydrogen (secondary N) is 1. The lowest BCUT2D eigenvalue weighted by atomic mass is 9.93. The largest absolute Gasteiger partial charge is 0.459 e. The fourth-order valence-electron chi connectivity index (χ4n) is 2.94. The van der Waals surface area contributed by atoms with Crippen molar-refractivity contribution in [1.82, 2.24) is 5.32 Å². The first-order chi connectivity index (χ1) is 12.7. The van der Waals surface area contributed by atoms with Crippen LogP contribution in [-0.2, 0) is 14.3 Å². The lowest BCUT2D eigenvalue weighted by molar-refractivity contribution is -0.146. The van der Waals surface area contributed by atoms with E-state index in [9.17, 15) is 4.79 Å². The summed E-state index contributed by atoms with van der Waals surface area (Å²) in [4.78, 5) is 12.5. The maximum absolute atomic E-state index is 12.5. The average Bonchev–Trinajstić information content (AvgIpc) is 3.48. The van der Waals surface area contributed by atoms with Crippen molar-refractivity contribution in [3.63, 3.8) is 0 Å². The normalized spacial score (nSPS) is 22.5. The number of benzene rings is 1.